The molecule has 0 aromatic heterocycles. The van der Waals surface area contributed by atoms with E-state index in [1.165, 1.54) is 5.56 Å². The number of benzene rings is 1. The van der Waals surface area contributed by atoms with E-state index in [-0.39, 0.29) is 11.8 Å². The topological polar surface area (TPSA) is 36.0 Å². The number of ether oxygens (including phenoxy) is 1. The van der Waals surface area contributed by atoms with Crippen molar-refractivity contribution in [2.75, 3.05) is 54.4 Å². The van der Waals surface area contributed by atoms with Crippen LogP contribution in [0.5, 0.6) is 5.75 Å². The third-order valence-corrected chi connectivity index (χ3v) is 5.60. The van der Waals surface area contributed by atoms with Crippen molar-refractivity contribution in [3.8, 4) is 5.75 Å². The molecule has 0 bridgehead atoms. The first kappa shape index (κ1) is 21.7. The molecular weight excluding hydrogens is 338 g/mol. The average molecular weight is 376 g/mol. The Balaban J connectivity index is 1.74. The Morgan fingerprint density at radius 1 is 1.15 bits per heavy atom. The smallest absolute Gasteiger partial charge is 0.226 e. The number of rotatable bonds is 8. The van der Waals surface area contributed by atoms with Gasteiger partial charge in [-0.05, 0) is 64.5 Å². The van der Waals surface area contributed by atoms with E-state index in [0.717, 1.165) is 51.1 Å². The first-order valence-electron chi connectivity index (χ1n) is 10.2. The molecule has 0 saturated carbocycles. The molecule has 1 saturated heterocycles. The Hall–Kier alpha value is -1.59. The number of carbonyl (C=O) groups excluding carboxylic acids is 1. The molecule has 1 aromatic rings. The van der Waals surface area contributed by atoms with E-state index < -0.39 is 0 Å². The van der Waals surface area contributed by atoms with Crippen molar-refractivity contribution in [3.05, 3.63) is 29.8 Å². The van der Waals surface area contributed by atoms with Crippen LogP contribution in [-0.2, 0) is 11.2 Å². The fourth-order valence-electron chi connectivity index (χ4n) is 3.74. The number of hydrogen-bond donors (Lipinski definition) is 0. The summed E-state index contributed by atoms with van der Waals surface area (Å²) in [5, 5.41) is 0. The summed E-state index contributed by atoms with van der Waals surface area (Å²) in [5.74, 6) is 1.28. The summed E-state index contributed by atoms with van der Waals surface area (Å²) in [5.41, 5.74) is 1.32. The number of likely N-dealkylation sites (N-methyl/N-ethyl adjacent to an activating group) is 2. The first-order valence-corrected chi connectivity index (χ1v) is 10.2. The van der Waals surface area contributed by atoms with E-state index in [9.17, 15) is 4.79 Å². The molecule has 152 valence electrons. The van der Waals surface area contributed by atoms with Crippen LogP contribution in [0.1, 0.15) is 31.7 Å². The SMILES string of the molecule is CCc1ccc(OCCCN(C)C(=O)[C@@H]2CC[C@H](N(C)C)CN(C)C2)cc1. The van der Waals surface area contributed by atoms with Gasteiger partial charge in [-0.3, -0.25) is 4.79 Å². The fourth-order valence-corrected chi connectivity index (χ4v) is 3.74. The van der Waals surface area contributed by atoms with Crippen molar-refractivity contribution >= 4 is 5.91 Å². The lowest BCUT2D eigenvalue weighted by Gasteiger charge is -2.26. The highest BCUT2D eigenvalue weighted by molar-refractivity contribution is 5.78. The second-order valence-electron chi connectivity index (χ2n) is 8.07. The van der Waals surface area contributed by atoms with Gasteiger partial charge < -0.3 is 19.4 Å². The van der Waals surface area contributed by atoms with Gasteiger partial charge in [0.1, 0.15) is 5.75 Å². The van der Waals surface area contributed by atoms with Gasteiger partial charge in [-0.25, -0.2) is 0 Å². The van der Waals surface area contributed by atoms with Gasteiger partial charge in [0, 0.05) is 32.7 Å². The summed E-state index contributed by atoms with van der Waals surface area (Å²) in [6.07, 6.45) is 3.94. The number of aryl methyl sites for hydroxylation is 1. The quantitative estimate of drug-likeness (QED) is 0.655. The van der Waals surface area contributed by atoms with Crippen LogP contribution >= 0.6 is 0 Å². The fraction of sp³-hybridized carbons (Fsp3) is 0.682. The predicted molar refractivity (Wildman–Crippen MR) is 111 cm³/mol. The lowest BCUT2D eigenvalue weighted by molar-refractivity contribution is -0.134. The van der Waals surface area contributed by atoms with Crippen molar-refractivity contribution in [3.63, 3.8) is 0 Å². The molecule has 2 atom stereocenters. The standard InChI is InChI=1S/C22H37N3O2/c1-6-18-8-12-21(13-9-18)27-15-7-14-25(5)22(26)19-10-11-20(23(2)3)17-24(4)16-19/h8-9,12-13,19-20H,6-7,10-11,14-17H2,1-5H3/t19-,20+/m1/s1. The van der Waals surface area contributed by atoms with E-state index in [0.29, 0.717) is 12.6 Å². The highest BCUT2D eigenvalue weighted by atomic mass is 16.5. The number of carbonyl (C=O) groups is 1. The molecule has 1 aromatic carbocycles. The second kappa shape index (κ2) is 10.7. The van der Waals surface area contributed by atoms with Crippen molar-refractivity contribution in [1.29, 1.82) is 0 Å². The monoisotopic (exact) mass is 375 g/mol. The zero-order valence-corrected chi connectivity index (χ0v) is 17.8. The Bertz CT molecular complexity index is 573. The molecule has 0 spiro atoms. The predicted octanol–water partition coefficient (Wildman–Crippen LogP) is 2.75. The maximum atomic E-state index is 12.9. The molecule has 1 aliphatic rings. The molecule has 0 radical (unpaired) electrons. The van der Waals surface area contributed by atoms with E-state index in [4.69, 9.17) is 4.74 Å². The minimum atomic E-state index is 0.104. The number of hydrogen-bond acceptors (Lipinski definition) is 4. The van der Waals surface area contributed by atoms with E-state index in [1.54, 1.807) is 0 Å². The van der Waals surface area contributed by atoms with Crippen LogP contribution < -0.4 is 4.74 Å². The van der Waals surface area contributed by atoms with Gasteiger partial charge in [-0.15, -0.1) is 0 Å². The molecule has 0 N–H and O–H groups in total. The maximum absolute atomic E-state index is 12.9. The first-order chi connectivity index (χ1) is 12.9. The van der Waals surface area contributed by atoms with E-state index in [2.05, 4.69) is 50.0 Å². The third-order valence-electron chi connectivity index (χ3n) is 5.60. The van der Waals surface area contributed by atoms with Crippen LogP contribution in [0, 0.1) is 5.92 Å². The summed E-state index contributed by atoms with van der Waals surface area (Å²) in [6, 6.07) is 8.79. The van der Waals surface area contributed by atoms with Crippen molar-refractivity contribution in [1.82, 2.24) is 14.7 Å². The summed E-state index contributed by atoms with van der Waals surface area (Å²) >= 11 is 0. The molecule has 1 aliphatic heterocycles. The summed E-state index contributed by atoms with van der Waals surface area (Å²) < 4.78 is 5.81. The lowest BCUT2D eigenvalue weighted by atomic mass is 10.00. The van der Waals surface area contributed by atoms with Gasteiger partial charge >= 0.3 is 0 Å². The summed E-state index contributed by atoms with van der Waals surface area (Å²) in [6.45, 7) is 5.41. The molecule has 0 unspecified atom stereocenters. The van der Waals surface area contributed by atoms with Gasteiger partial charge in [-0.1, -0.05) is 19.1 Å². The van der Waals surface area contributed by atoms with Crippen LogP contribution in [0.15, 0.2) is 24.3 Å². The Morgan fingerprint density at radius 3 is 2.48 bits per heavy atom. The van der Waals surface area contributed by atoms with Crippen LogP contribution in [0.25, 0.3) is 0 Å². The van der Waals surface area contributed by atoms with Crippen LogP contribution in [0.3, 0.4) is 0 Å². The molecule has 27 heavy (non-hydrogen) atoms. The molecule has 1 fully saturated rings. The Morgan fingerprint density at radius 2 is 1.85 bits per heavy atom. The molecule has 1 heterocycles. The normalized spacial score (nSPS) is 21.1. The van der Waals surface area contributed by atoms with Crippen molar-refractivity contribution in [2.24, 2.45) is 5.92 Å². The second-order valence-corrected chi connectivity index (χ2v) is 8.07. The zero-order valence-electron chi connectivity index (χ0n) is 17.8. The van der Waals surface area contributed by atoms with Gasteiger partial charge in [-0.2, -0.15) is 0 Å². The molecule has 1 amide bonds. The van der Waals surface area contributed by atoms with E-state index in [1.807, 2.05) is 24.1 Å². The maximum Gasteiger partial charge on any atom is 0.226 e. The van der Waals surface area contributed by atoms with Crippen LogP contribution in [-0.4, -0.2) is 81.1 Å². The highest BCUT2D eigenvalue weighted by Crippen LogP contribution is 2.20. The largest absolute Gasteiger partial charge is 0.494 e. The zero-order chi connectivity index (χ0) is 19.8. The third kappa shape index (κ3) is 6.82. The van der Waals surface area contributed by atoms with Crippen LogP contribution in [0.4, 0.5) is 0 Å². The van der Waals surface area contributed by atoms with Crippen molar-refractivity contribution < 1.29 is 9.53 Å². The minimum absolute atomic E-state index is 0.104. The summed E-state index contributed by atoms with van der Waals surface area (Å²) in [7, 11) is 8.30. The number of nitrogens with zero attached hydrogens (tertiary/aromatic N) is 3. The minimum Gasteiger partial charge on any atom is -0.494 e. The molecule has 0 aliphatic carbocycles. The Labute approximate surface area is 165 Å². The van der Waals surface area contributed by atoms with Gasteiger partial charge in [0.15, 0.2) is 0 Å². The van der Waals surface area contributed by atoms with Crippen molar-refractivity contribution in [2.45, 2.75) is 38.6 Å². The highest BCUT2D eigenvalue weighted by Gasteiger charge is 2.29. The average Bonchev–Trinajstić information content (AvgIpc) is 2.86. The molecule has 2 rings (SSSR count). The van der Waals surface area contributed by atoms with Gasteiger partial charge in [0.2, 0.25) is 5.91 Å². The molecule has 5 nitrogen and oxygen atoms in total. The lowest BCUT2D eigenvalue weighted by Crippen LogP contribution is -2.40. The molecular formula is C22H37N3O2. The number of likely N-dealkylation sites (tertiary alicyclic amines) is 1. The van der Waals surface area contributed by atoms with Gasteiger partial charge in [0.05, 0.1) is 12.5 Å². The molecule has 5 heteroatoms. The van der Waals surface area contributed by atoms with Gasteiger partial charge in [0.25, 0.3) is 0 Å². The summed E-state index contributed by atoms with van der Waals surface area (Å²) in [4.78, 5) is 19.3. The number of amides is 1. The Kier molecular flexibility index (Phi) is 8.58. The van der Waals surface area contributed by atoms with E-state index >= 15 is 0 Å². The van der Waals surface area contributed by atoms with Crippen LogP contribution in [0.2, 0.25) is 0 Å².